The molecule has 1 aliphatic heterocycles. The molecular formula is C12H17FN2O3S. The predicted octanol–water partition coefficient (Wildman–Crippen LogP) is 0.599. The lowest BCUT2D eigenvalue weighted by Crippen LogP contribution is -2.30. The van der Waals surface area contributed by atoms with E-state index in [2.05, 4.69) is 4.72 Å². The van der Waals surface area contributed by atoms with Crippen LogP contribution in [0.1, 0.15) is 12.0 Å². The SMILES string of the molecule is NCc1ccc(S(=O)(=O)NCC2CCOC2)c(F)c1. The number of ether oxygens (including phenoxy) is 1. The van der Waals surface area contributed by atoms with Crippen molar-refractivity contribution >= 4 is 10.0 Å². The van der Waals surface area contributed by atoms with Crippen LogP contribution in [0.5, 0.6) is 0 Å². The maximum Gasteiger partial charge on any atom is 0.243 e. The van der Waals surface area contributed by atoms with Crippen molar-refractivity contribution in [2.24, 2.45) is 11.7 Å². The summed E-state index contributed by atoms with van der Waals surface area (Å²) in [4.78, 5) is -0.344. The molecule has 7 heteroatoms. The highest BCUT2D eigenvalue weighted by Gasteiger charge is 2.22. The van der Waals surface area contributed by atoms with Gasteiger partial charge in [-0.25, -0.2) is 17.5 Å². The summed E-state index contributed by atoms with van der Waals surface area (Å²) in [5.41, 5.74) is 5.93. The van der Waals surface area contributed by atoms with Gasteiger partial charge >= 0.3 is 0 Å². The fourth-order valence-electron chi connectivity index (χ4n) is 1.94. The van der Waals surface area contributed by atoms with Crippen molar-refractivity contribution in [3.63, 3.8) is 0 Å². The maximum absolute atomic E-state index is 13.7. The Morgan fingerprint density at radius 1 is 1.47 bits per heavy atom. The molecule has 19 heavy (non-hydrogen) atoms. The summed E-state index contributed by atoms with van der Waals surface area (Å²) in [5.74, 6) is -0.626. The minimum atomic E-state index is -3.82. The molecule has 0 aromatic heterocycles. The number of hydrogen-bond acceptors (Lipinski definition) is 4. The molecule has 5 nitrogen and oxygen atoms in total. The van der Waals surface area contributed by atoms with Crippen LogP contribution < -0.4 is 10.5 Å². The highest BCUT2D eigenvalue weighted by Crippen LogP contribution is 2.17. The minimum absolute atomic E-state index is 0.154. The quantitative estimate of drug-likeness (QED) is 0.831. The molecule has 0 amide bonds. The Morgan fingerprint density at radius 3 is 2.84 bits per heavy atom. The molecule has 0 spiro atoms. The Bertz CT molecular complexity index is 542. The third-order valence-corrected chi connectivity index (χ3v) is 4.56. The summed E-state index contributed by atoms with van der Waals surface area (Å²) in [6.07, 6.45) is 0.817. The van der Waals surface area contributed by atoms with E-state index in [4.69, 9.17) is 10.5 Å². The second kappa shape index (κ2) is 5.96. The molecule has 106 valence electrons. The Balaban J connectivity index is 2.10. The van der Waals surface area contributed by atoms with Crippen LogP contribution >= 0.6 is 0 Å². The molecule has 1 heterocycles. The average Bonchev–Trinajstić information content (AvgIpc) is 2.89. The first-order valence-electron chi connectivity index (χ1n) is 6.09. The Morgan fingerprint density at radius 2 is 2.26 bits per heavy atom. The highest BCUT2D eigenvalue weighted by atomic mass is 32.2. The van der Waals surface area contributed by atoms with E-state index in [1.54, 1.807) is 0 Å². The summed E-state index contributed by atoms with van der Waals surface area (Å²) in [7, 11) is -3.82. The number of nitrogens with one attached hydrogen (secondary N) is 1. The lowest BCUT2D eigenvalue weighted by molar-refractivity contribution is 0.186. The molecule has 1 atom stereocenters. The normalized spacial score (nSPS) is 19.8. The van der Waals surface area contributed by atoms with Crippen molar-refractivity contribution in [3.05, 3.63) is 29.6 Å². The zero-order valence-corrected chi connectivity index (χ0v) is 11.2. The number of sulfonamides is 1. The summed E-state index contributed by atoms with van der Waals surface area (Å²) in [6, 6.07) is 3.90. The van der Waals surface area contributed by atoms with Crippen LogP contribution in [0.3, 0.4) is 0 Å². The van der Waals surface area contributed by atoms with Crippen LogP contribution in [0, 0.1) is 11.7 Å². The predicted molar refractivity (Wildman–Crippen MR) is 68.4 cm³/mol. The van der Waals surface area contributed by atoms with Crippen LogP contribution in [0.4, 0.5) is 4.39 Å². The second-order valence-electron chi connectivity index (χ2n) is 4.55. The van der Waals surface area contributed by atoms with Crippen molar-refractivity contribution in [3.8, 4) is 0 Å². The van der Waals surface area contributed by atoms with E-state index >= 15 is 0 Å². The molecule has 1 saturated heterocycles. The van der Waals surface area contributed by atoms with Gasteiger partial charge in [-0.15, -0.1) is 0 Å². The molecular weight excluding hydrogens is 271 g/mol. The lowest BCUT2D eigenvalue weighted by Gasteiger charge is -2.11. The van der Waals surface area contributed by atoms with Gasteiger partial charge in [-0.2, -0.15) is 0 Å². The Labute approximate surface area is 112 Å². The molecule has 1 fully saturated rings. The van der Waals surface area contributed by atoms with Crippen LogP contribution in [0.15, 0.2) is 23.1 Å². The molecule has 0 aliphatic carbocycles. The van der Waals surface area contributed by atoms with Gasteiger partial charge in [0.05, 0.1) is 6.61 Å². The van der Waals surface area contributed by atoms with E-state index in [1.165, 1.54) is 12.1 Å². The van der Waals surface area contributed by atoms with Crippen LogP contribution in [0.2, 0.25) is 0 Å². The van der Waals surface area contributed by atoms with Gasteiger partial charge in [-0.05, 0) is 30.0 Å². The van der Waals surface area contributed by atoms with E-state index < -0.39 is 15.8 Å². The molecule has 0 saturated carbocycles. The van der Waals surface area contributed by atoms with Gasteiger partial charge in [0.15, 0.2) is 0 Å². The fourth-order valence-corrected chi connectivity index (χ4v) is 3.11. The van der Waals surface area contributed by atoms with Crippen molar-refractivity contribution in [1.29, 1.82) is 0 Å². The third kappa shape index (κ3) is 3.50. The van der Waals surface area contributed by atoms with Gasteiger partial charge in [0, 0.05) is 19.7 Å². The number of halogens is 1. The van der Waals surface area contributed by atoms with Gasteiger partial charge in [-0.3, -0.25) is 0 Å². The number of benzene rings is 1. The highest BCUT2D eigenvalue weighted by molar-refractivity contribution is 7.89. The summed E-state index contributed by atoms with van der Waals surface area (Å²) in [6.45, 7) is 1.62. The van der Waals surface area contributed by atoms with E-state index in [-0.39, 0.29) is 23.9 Å². The van der Waals surface area contributed by atoms with E-state index in [9.17, 15) is 12.8 Å². The molecule has 1 unspecified atom stereocenters. The third-order valence-electron chi connectivity index (χ3n) is 3.11. The summed E-state index contributed by atoms with van der Waals surface area (Å²) >= 11 is 0. The topological polar surface area (TPSA) is 81.4 Å². The van der Waals surface area contributed by atoms with E-state index in [0.717, 1.165) is 12.5 Å². The Kier molecular flexibility index (Phi) is 4.51. The fraction of sp³-hybridized carbons (Fsp3) is 0.500. The zero-order valence-electron chi connectivity index (χ0n) is 10.4. The monoisotopic (exact) mass is 288 g/mol. The smallest absolute Gasteiger partial charge is 0.243 e. The zero-order chi connectivity index (χ0) is 13.9. The van der Waals surface area contributed by atoms with Crippen molar-refractivity contribution in [1.82, 2.24) is 4.72 Å². The van der Waals surface area contributed by atoms with E-state index in [0.29, 0.717) is 18.8 Å². The first-order chi connectivity index (χ1) is 9.03. The van der Waals surface area contributed by atoms with Gasteiger partial charge in [0.2, 0.25) is 10.0 Å². The van der Waals surface area contributed by atoms with Gasteiger partial charge < -0.3 is 10.5 Å². The second-order valence-corrected chi connectivity index (χ2v) is 6.29. The standard InChI is InChI=1S/C12H17FN2O3S/c13-11-5-9(6-14)1-2-12(11)19(16,17)15-7-10-3-4-18-8-10/h1-2,5,10,15H,3-4,6-8,14H2. The van der Waals surface area contributed by atoms with Crippen molar-refractivity contribution in [2.45, 2.75) is 17.9 Å². The largest absolute Gasteiger partial charge is 0.381 e. The molecule has 1 aromatic rings. The van der Waals surface area contributed by atoms with E-state index in [1.807, 2.05) is 0 Å². The first-order valence-corrected chi connectivity index (χ1v) is 7.57. The maximum atomic E-state index is 13.7. The van der Waals surface area contributed by atoms with Crippen LogP contribution in [0.25, 0.3) is 0 Å². The molecule has 1 aliphatic rings. The Hall–Kier alpha value is -1.02. The van der Waals surface area contributed by atoms with Gasteiger partial charge in [0.1, 0.15) is 10.7 Å². The molecule has 1 aromatic carbocycles. The summed E-state index contributed by atoms with van der Waals surface area (Å²) in [5, 5.41) is 0. The number of nitrogens with two attached hydrogens (primary N) is 1. The van der Waals surface area contributed by atoms with Crippen LogP contribution in [-0.4, -0.2) is 28.2 Å². The molecule has 0 radical (unpaired) electrons. The number of hydrogen-bond donors (Lipinski definition) is 2. The van der Waals surface area contributed by atoms with Gasteiger partial charge in [-0.1, -0.05) is 6.07 Å². The van der Waals surface area contributed by atoms with Crippen LogP contribution in [-0.2, 0) is 21.3 Å². The molecule has 3 N–H and O–H groups in total. The summed E-state index contributed by atoms with van der Waals surface area (Å²) < 4.78 is 45.3. The lowest BCUT2D eigenvalue weighted by atomic mass is 10.1. The molecule has 2 rings (SSSR count). The number of rotatable bonds is 5. The minimum Gasteiger partial charge on any atom is -0.381 e. The first kappa shape index (κ1) is 14.4. The van der Waals surface area contributed by atoms with Gasteiger partial charge in [0.25, 0.3) is 0 Å². The van der Waals surface area contributed by atoms with Crippen molar-refractivity contribution < 1.29 is 17.5 Å². The average molecular weight is 288 g/mol. The van der Waals surface area contributed by atoms with Crippen molar-refractivity contribution in [2.75, 3.05) is 19.8 Å². The molecule has 0 bridgehead atoms.